The summed E-state index contributed by atoms with van der Waals surface area (Å²) in [5.74, 6) is -0.321. The van der Waals surface area contributed by atoms with Crippen LogP contribution in [-0.2, 0) is 6.42 Å². The van der Waals surface area contributed by atoms with Gasteiger partial charge in [-0.05, 0) is 30.4 Å². The predicted octanol–water partition coefficient (Wildman–Crippen LogP) is 3.96. The predicted molar refractivity (Wildman–Crippen MR) is 67.7 cm³/mol. The number of rotatable bonds is 3. The number of hydrogen-bond acceptors (Lipinski definition) is 1. The Kier molecular flexibility index (Phi) is 3.74. The highest BCUT2D eigenvalue weighted by atomic mass is 35.5. The van der Waals surface area contributed by atoms with Crippen molar-refractivity contribution in [2.75, 3.05) is 0 Å². The van der Waals surface area contributed by atoms with Gasteiger partial charge in [0.1, 0.15) is 5.82 Å². The Hall–Kier alpha value is -0.600. The fraction of sp³-hybridized carbons (Fsp3) is 0.571. The standard InChI is InChI=1S/C14H18ClFO/c1-14(7-2-3-8-14)13(17)9-10-11(15)5-4-6-12(10)16/h4-6,13,17H,2-3,7-9H2,1H3. The van der Waals surface area contributed by atoms with E-state index in [-0.39, 0.29) is 11.2 Å². The van der Waals surface area contributed by atoms with Crippen LogP contribution in [0.3, 0.4) is 0 Å². The van der Waals surface area contributed by atoms with Crippen LogP contribution in [0.4, 0.5) is 4.39 Å². The smallest absolute Gasteiger partial charge is 0.127 e. The molecule has 0 spiro atoms. The van der Waals surface area contributed by atoms with Gasteiger partial charge in [0.25, 0.3) is 0 Å². The molecule has 94 valence electrons. The number of benzene rings is 1. The van der Waals surface area contributed by atoms with E-state index in [0.29, 0.717) is 17.0 Å². The summed E-state index contributed by atoms with van der Waals surface area (Å²) in [5, 5.41) is 10.7. The molecule has 1 aliphatic carbocycles. The van der Waals surface area contributed by atoms with E-state index in [0.717, 1.165) is 25.7 Å². The lowest BCUT2D eigenvalue weighted by atomic mass is 9.80. The van der Waals surface area contributed by atoms with Gasteiger partial charge in [0, 0.05) is 17.0 Å². The molecule has 0 aliphatic heterocycles. The van der Waals surface area contributed by atoms with E-state index in [9.17, 15) is 9.50 Å². The molecule has 3 heteroatoms. The van der Waals surface area contributed by atoms with Crippen molar-refractivity contribution in [1.29, 1.82) is 0 Å². The van der Waals surface area contributed by atoms with Crippen molar-refractivity contribution in [2.24, 2.45) is 5.41 Å². The zero-order valence-corrected chi connectivity index (χ0v) is 10.8. The SMILES string of the molecule is CC1(C(O)Cc2c(F)cccc2Cl)CCCC1. The summed E-state index contributed by atoms with van der Waals surface area (Å²) in [6.45, 7) is 2.08. The monoisotopic (exact) mass is 256 g/mol. The first kappa shape index (κ1) is 12.8. The first-order valence-corrected chi connectivity index (χ1v) is 6.52. The van der Waals surface area contributed by atoms with E-state index in [1.165, 1.54) is 6.07 Å². The number of aliphatic hydroxyl groups excluding tert-OH is 1. The Morgan fingerprint density at radius 3 is 2.65 bits per heavy atom. The molecule has 1 saturated carbocycles. The fourth-order valence-electron chi connectivity index (χ4n) is 2.68. The van der Waals surface area contributed by atoms with E-state index in [2.05, 4.69) is 6.92 Å². The summed E-state index contributed by atoms with van der Waals surface area (Å²) in [6.07, 6.45) is 4.12. The van der Waals surface area contributed by atoms with Gasteiger partial charge < -0.3 is 5.11 Å². The molecule has 1 nitrogen and oxygen atoms in total. The summed E-state index contributed by atoms with van der Waals surface area (Å²) in [6, 6.07) is 4.65. The number of hydrogen-bond donors (Lipinski definition) is 1. The molecular formula is C14H18ClFO. The molecule has 1 aliphatic rings. The van der Waals surface area contributed by atoms with Gasteiger partial charge in [-0.2, -0.15) is 0 Å². The van der Waals surface area contributed by atoms with Crippen molar-refractivity contribution in [1.82, 2.24) is 0 Å². The Morgan fingerprint density at radius 1 is 1.41 bits per heavy atom. The van der Waals surface area contributed by atoms with Crippen molar-refractivity contribution < 1.29 is 9.50 Å². The average Bonchev–Trinajstić information content (AvgIpc) is 2.72. The molecule has 1 aromatic carbocycles. The highest BCUT2D eigenvalue weighted by Crippen LogP contribution is 2.42. The molecule has 0 bridgehead atoms. The summed E-state index contributed by atoms with van der Waals surface area (Å²) < 4.78 is 13.6. The lowest BCUT2D eigenvalue weighted by molar-refractivity contribution is 0.0417. The highest BCUT2D eigenvalue weighted by Gasteiger charge is 2.36. The summed E-state index contributed by atoms with van der Waals surface area (Å²) >= 11 is 5.97. The normalized spacial score (nSPS) is 20.5. The first-order chi connectivity index (χ1) is 8.03. The molecule has 17 heavy (non-hydrogen) atoms. The molecule has 2 rings (SSSR count). The average molecular weight is 257 g/mol. The Bertz CT molecular complexity index is 379. The number of halogens is 2. The molecule has 0 aromatic heterocycles. The quantitative estimate of drug-likeness (QED) is 0.868. The van der Waals surface area contributed by atoms with Crippen molar-refractivity contribution in [3.8, 4) is 0 Å². The van der Waals surface area contributed by atoms with Crippen LogP contribution in [0.5, 0.6) is 0 Å². The van der Waals surface area contributed by atoms with Gasteiger partial charge in [0.2, 0.25) is 0 Å². The van der Waals surface area contributed by atoms with Crippen molar-refractivity contribution >= 4 is 11.6 Å². The minimum Gasteiger partial charge on any atom is -0.392 e. The zero-order chi connectivity index (χ0) is 12.5. The van der Waals surface area contributed by atoms with E-state index < -0.39 is 6.10 Å². The van der Waals surface area contributed by atoms with Gasteiger partial charge >= 0.3 is 0 Å². The van der Waals surface area contributed by atoms with Crippen LogP contribution in [0, 0.1) is 11.2 Å². The fourth-order valence-corrected chi connectivity index (χ4v) is 2.92. The maximum Gasteiger partial charge on any atom is 0.127 e. The summed E-state index contributed by atoms with van der Waals surface area (Å²) in [5.41, 5.74) is 0.362. The second kappa shape index (κ2) is 4.95. The lowest BCUT2D eigenvalue weighted by Crippen LogP contribution is -2.31. The first-order valence-electron chi connectivity index (χ1n) is 6.14. The Balaban J connectivity index is 2.15. The van der Waals surface area contributed by atoms with Gasteiger partial charge in [0.15, 0.2) is 0 Å². The van der Waals surface area contributed by atoms with Crippen LogP contribution in [0.1, 0.15) is 38.2 Å². The van der Waals surface area contributed by atoms with Gasteiger partial charge in [-0.15, -0.1) is 0 Å². The topological polar surface area (TPSA) is 20.2 Å². The van der Waals surface area contributed by atoms with Crippen molar-refractivity contribution in [3.05, 3.63) is 34.6 Å². The molecule has 1 N–H and O–H groups in total. The van der Waals surface area contributed by atoms with Gasteiger partial charge in [-0.3, -0.25) is 0 Å². The maximum absolute atomic E-state index is 13.6. The summed E-state index contributed by atoms with van der Waals surface area (Å²) in [7, 11) is 0. The Morgan fingerprint density at radius 2 is 2.06 bits per heavy atom. The third-order valence-electron chi connectivity index (χ3n) is 4.01. The van der Waals surface area contributed by atoms with E-state index in [1.54, 1.807) is 12.1 Å². The molecule has 0 heterocycles. The molecule has 1 fully saturated rings. The van der Waals surface area contributed by atoms with Crippen molar-refractivity contribution in [3.63, 3.8) is 0 Å². The van der Waals surface area contributed by atoms with Gasteiger partial charge in [0.05, 0.1) is 6.10 Å². The van der Waals surface area contributed by atoms with Gasteiger partial charge in [-0.25, -0.2) is 4.39 Å². The molecular weight excluding hydrogens is 239 g/mol. The molecule has 0 saturated heterocycles. The minimum atomic E-state index is -0.514. The highest BCUT2D eigenvalue weighted by molar-refractivity contribution is 6.31. The molecule has 0 radical (unpaired) electrons. The summed E-state index contributed by atoms with van der Waals surface area (Å²) in [4.78, 5) is 0. The zero-order valence-electron chi connectivity index (χ0n) is 10.0. The third kappa shape index (κ3) is 2.63. The van der Waals surface area contributed by atoms with Crippen LogP contribution in [0.25, 0.3) is 0 Å². The van der Waals surface area contributed by atoms with E-state index in [1.807, 2.05) is 0 Å². The van der Waals surface area contributed by atoms with Gasteiger partial charge in [-0.1, -0.05) is 37.4 Å². The van der Waals surface area contributed by atoms with E-state index in [4.69, 9.17) is 11.6 Å². The molecule has 0 amide bonds. The largest absolute Gasteiger partial charge is 0.392 e. The van der Waals surface area contributed by atoms with Crippen LogP contribution in [-0.4, -0.2) is 11.2 Å². The third-order valence-corrected chi connectivity index (χ3v) is 4.36. The lowest BCUT2D eigenvalue weighted by Gasteiger charge is -2.30. The van der Waals surface area contributed by atoms with Crippen LogP contribution >= 0.6 is 11.6 Å². The molecule has 1 atom stereocenters. The minimum absolute atomic E-state index is 0.0778. The number of aliphatic hydroxyl groups is 1. The Labute approximate surface area is 107 Å². The molecule has 1 unspecified atom stereocenters. The van der Waals surface area contributed by atoms with Crippen LogP contribution in [0.15, 0.2) is 18.2 Å². The van der Waals surface area contributed by atoms with Crippen LogP contribution < -0.4 is 0 Å². The maximum atomic E-state index is 13.6. The van der Waals surface area contributed by atoms with E-state index >= 15 is 0 Å². The molecule has 1 aromatic rings. The van der Waals surface area contributed by atoms with Crippen LogP contribution in [0.2, 0.25) is 5.02 Å². The van der Waals surface area contributed by atoms with Crippen molar-refractivity contribution in [2.45, 2.75) is 45.1 Å². The second-order valence-corrected chi connectivity index (χ2v) is 5.69. The second-order valence-electron chi connectivity index (χ2n) is 5.28.